The molecular formula is C17H27NO6. The normalized spacial score (nSPS) is 13.3. The fraction of sp³-hybridized carbons (Fsp3) is 0.588. The summed E-state index contributed by atoms with van der Waals surface area (Å²) in [4.78, 5) is 32.8. The van der Waals surface area contributed by atoms with Crippen molar-refractivity contribution in [3.63, 3.8) is 0 Å². The van der Waals surface area contributed by atoms with Crippen LogP contribution in [0.15, 0.2) is 24.3 Å². The summed E-state index contributed by atoms with van der Waals surface area (Å²) in [6, 6.07) is 0. The van der Waals surface area contributed by atoms with Gasteiger partial charge < -0.3 is 24.2 Å². The van der Waals surface area contributed by atoms with E-state index in [2.05, 4.69) is 0 Å². The number of esters is 1. The van der Waals surface area contributed by atoms with Gasteiger partial charge in [-0.05, 0) is 12.8 Å². The molecular weight excluding hydrogens is 314 g/mol. The van der Waals surface area contributed by atoms with Crippen LogP contribution in [0.25, 0.3) is 0 Å². The molecule has 24 heavy (non-hydrogen) atoms. The van der Waals surface area contributed by atoms with Crippen LogP contribution in [0.2, 0.25) is 0 Å². The van der Waals surface area contributed by atoms with Gasteiger partial charge in [0, 0.05) is 18.8 Å². The molecule has 0 aromatic carbocycles. The average molecular weight is 341 g/mol. The van der Waals surface area contributed by atoms with Crippen molar-refractivity contribution < 1.29 is 33.8 Å². The van der Waals surface area contributed by atoms with Crippen molar-refractivity contribution >= 4 is 17.9 Å². The topological polar surface area (TPSA) is 104 Å². The van der Waals surface area contributed by atoms with Crippen LogP contribution in [0.5, 0.6) is 0 Å². The molecule has 0 saturated carbocycles. The highest BCUT2D eigenvalue weighted by atomic mass is 16.5. The Labute approximate surface area is 142 Å². The first-order valence-corrected chi connectivity index (χ1v) is 7.83. The third-order valence-electron chi connectivity index (χ3n) is 2.87. The molecule has 0 saturated heterocycles. The molecule has 1 unspecified atom stereocenters. The smallest absolute Gasteiger partial charge is 0.307 e. The third-order valence-corrected chi connectivity index (χ3v) is 2.87. The fourth-order valence-electron chi connectivity index (χ4n) is 1.97. The minimum Gasteiger partial charge on any atom is -0.550 e. The molecule has 0 radical (unpaired) electrons. The van der Waals surface area contributed by atoms with E-state index in [1.54, 1.807) is 12.2 Å². The van der Waals surface area contributed by atoms with Gasteiger partial charge in [-0.2, -0.15) is 0 Å². The molecule has 7 nitrogen and oxygen atoms in total. The van der Waals surface area contributed by atoms with Crippen molar-refractivity contribution in [3.05, 3.63) is 24.3 Å². The van der Waals surface area contributed by atoms with E-state index >= 15 is 0 Å². The summed E-state index contributed by atoms with van der Waals surface area (Å²) in [5.74, 6) is -2.55. The number of hydrogen-bond donors (Lipinski definition) is 1. The summed E-state index contributed by atoms with van der Waals surface area (Å²) < 4.78 is 5.71. The van der Waals surface area contributed by atoms with Gasteiger partial charge in [-0.3, -0.25) is 9.59 Å². The number of rotatable bonds is 12. The Morgan fingerprint density at radius 1 is 1.17 bits per heavy atom. The quantitative estimate of drug-likeness (QED) is 0.240. The number of carbonyl (C=O) groups excluding carboxylic acids is 2. The standard InChI is InChI=1S/C17H27NO6/c1-18(2,3)13-14(12-16(21)22)24-17(23)11-9-7-5-4-6-8-10-15(19)20/h4-6,8,14H,7,9-13H2,1-3H3,(H-,19,20,21,22)/b5-4+,8-6+. The predicted octanol–water partition coefficient (Wildman–Crippen LogP) is 0.502. The van der Waals surface area contributed by atoms with Crippen LogP contribution in [0.3, 0.4) is 0 Å². The number of aliphatic carboxylic acids is 2. The van der Waals surface area contributed by atoms with E-state index in [0.717, 1.165) is 0 Å². The predicted molar refractivity (Wildman–Crippen MR) is 86.8 cm³/mol. The number of ether oxygens (including phenoxy) is 1. The molecule has 0 aliphatic heterocycles. The van der Waals surface area contributed by atoms with Gasteiger partial charge in [-0.25, -0.2) is 0 Å². The van der Waals surface area contributed by atoms with Gasteiger partial charge in [-0.15, -0.1) is 0 Å². The van der Waals surface area contributed by atoms with Gasteiger partial charge in [0.15, 0.2) is 6.10 Å². The SMILES string of the molecule is C[N+](C)(C)CC(CC(=O)[O-])OC(=O)CCC/C=C/C=C/CC(=O)O. The molecule has 7 heteroatoms. The van der Waals surface area contributed by atoms with Crippen LogP contribution in [0.1, 0.15) is 32.1 Å². The molecule has 136 valence electrons. The van der Waals surface area contributed by atoms with E-state index in [1.807, 2.05) is 27.2 Å². The monoisotopic (exact) mass is 341 g/mol. The van der Waals surface area contributed by atoms with E-state index in [-0.39, 0.29) is 19.3 Å². The highest BCUT2D eigenvalue weighted by Gasteiger charge is 2.22. The van der Waals surface area contributed by atoms with Crippen molar-refractivity contribution in [1.82, 2.24) is 0 Å². The van der Waals surface area contributed by atoms with E-state index < -0.39 is 24.0 Å². The van der Waals surface area contributed by atoms with E-state index in [9.17, 15) is 19.5 Å². The fourth-order valence-corrected chi connectivity index (χ4v) is 1.97. The van der Waals surface area contributed by atoms with Gasteiger partial charge in [0.1, 0.15) is 6.54 Å². The largest absolute Gasteiger partial charge is 0.550 e. The Hall–Kier alpha value is -2.15. The summed E-state index contributed by atoms with van der Waals surface area (Å²) in [7, 11) is 5.66. The zero-order chi connectivity index (χ0) is 18.6. The van der Waals surface area contributed by atoms with Crippen molar-refractivity contribution in [2.75, 3.05) is 27.7 Å². The van der Waals surface area contributed by atoms with Crippen LogP contribution in [-0.4, -0.2) is 61.3 Å². The molecule has 0 aromatic heterocycles. The van der Waals surface area contributed by atoms with Crippen molar-refractivity contribution in [2.24, 2.45) is 0 Å². The van der Waals surface area contributed by atoms with E-state index in [4.69, 9.17) is 9.84 Å². The zero-order valence-corrected chi connectivity index (χ0v) is 14.6. The first-order valence-electron chi connectivity index (χ1n) is 7.83. The zero-order valence-electron chi connectivity index (χ0n) is 14.6. The lowest BCUT2D eigenvalue weighted by Crippen LogP contribution is -2.45. The molecule has 0 aliphatic carbocycles. The van der Waals surface area contributed by atoms with Gasteiger partial charge in [0.25, 0.3) is 0 Å². The Morgan fingerprint density at radius 3 is 2.33 bits per heavy atom. The van der Waals surface area contributed by atoms with Gasteiger partial charge in [-0.1, -0.05) is 24.3 Å². The van der Waals surface area contributed by atoms with Crippen molar-refractivity contribution in [1.29, 1.82) is 0 Å². The number of unbranched alkanes of at least 4 members (excludes halogenated alkanes) is 1. The Bertz CT molecular complexity index is 476. The number of carboxylic acid groups (broad SMARTS) is 2. The Balaban J connectivity index is 4.12. The van der Waals surface area contributed by atoms with Gasteiger partial charge in [0.05, 0.1) is 27.6 Å². The third kappa shape index (κ3) is 14.8. The lowest BCUT2D eigenvalue weighted by atomic mass is 10.2. The summed E-state index contributed by atoms with van der Waals surface area (Å²) in [6.07, 6.45) is 7.11. The Kier molecular flexibility index (Phi) is 10.4. The van der Waals surface area contributed by atoms with Gasteiger partial charge in [0.2, 0.25) is 0 Å². The molecule has 0 amide bonds. The van der Waals surface area contributed by atoms with Gasteiger partial charge >= 0.3 is 11.9 Å². The van der Waals surface area contributed by atoms with Crippen LogP contribution in [0, 0.1) is 0 Å². The number of nitrogens with zero attached hydrogens (tertiary/aromatic N) is 1. The number of quaternary nitrogens is 1. The highest BCUT2D eigenvalue weighted by molar-refractivity contribution is 5.71. The van der Waals surface area contributed by atoms with Crippen LogP contribution in [-0.2, 0) is 19.1 Å². The lowest BCUT2D eigenvalue weighted by Gasteiger charge is -2.29. The Morgan fingerprint density at radius 2 is 1.79 bits per heavy atom. The number of carboxylic acids is 2. The number of likely N-dealkylation sites (N-methyl/N-ethyl adjacent to an activating group) is 1. The molecule has 0 rings (SSSR count). The molecule has 1 N–H and O–H groups in total. The van der Waals surface area contributed by atoms with Crippen LogP contribution < -0.4 is 5.11 Å². The second-order valence-electron chi connectivity index (χ2n) is 6.51. The molecule has 0 fully saturated rings. The number of allylic oxidation sites excluding steroid dienone is 3. The number of carbonyl (C=O) groups is 3. The minimum atomic E-state index is -1.24. The summed E-state index contributed by atoms with van der Waals surface area (Å²) >= 11 is 0. The molecule has 1 atom stereocenters. The molecule has 0 aromatic rings. The maximum absolute atomic E-state index is 11.8. The van der Waals surface area contributed by atoms with E-state index in [1.165, 1.54) is 6.08 Å². The maximum Gasteiger partial charge on any atom is 0.307 e. The summed E-state index contributed by atoms with van der Waals surface area (Å²) in [5, 5.41) is 19.2. The first-order chi connectivity index (χ1) is 11.1. The number of hydrogen-bond acceptors (Lipinski definition) is 5. The summed E-state index contributed by atoms with van der Waals surface area (Å²) in [6.45, 7) is 0.397. The minimum absolute atomic E-state index is 0.0250. The summed E-state index contributed by atoms with van der Waals surface area (Å²) in [5.41, 5.74) is 0. The molecule has 0 spiro atoms. The second-order valence-corrected chi connectivity index (χ2v) is 6.51. The van der Waals surface area contributed by atoms with Crippen molar-refractivity contribution in [2.45, 2.75) is 38.2 Å². The van der Waals surface area contributed by atoms with E-state index in [0.29, 0.717) is 23.9 Å². The van der Waals surface area contributed by atoms with Crippen LogP contribution in [0.4, 0.5) is 0 Å². The molecule has 0 aliphatic rings. The maximum atomic E-state index is 11.8. The first kappa shape index (κ1) is 21.9. The lowest BCUT2D eigenvalue weighted by molar-refractivity contribution is -0.873. The highest BCUT2D eigenvalue weighted by Crippen LogP contribution is 2.08. The second kappa shape index (κ2) is 11.4. The van der Waals surface area contributed by atoms with Crippen molar-refractivity contribution in [3.8, 4) is 0 Å². The van der Waals surface area contributed by atoms with Crippen LogP contribution >= 0.6 is 0 Å². The molecule has 0 heterocycles. The molecule has 0 bridgehead atoms. The average Bonchev–Trinajstić information content (AvgIpc) is 2.38.